The van der Waals surface area contributed by atoms with E-state index in [1.807, 2.05) is 74.5 Å². The zero-order valence-electron chi connectivity index (χ0n) is 13.7. The zero-order valence-corrected chi connectivity index (χ0v) is 13.7. The second-order valence-corrected chi connectivity index (χ2v) is 5.59. The van der Waals surface area contributed by atoms with Crippen molar-refractivity contribution in [2.75, 3.05) is 16.0 Å². The number of anilines is 5. The van der Waals surface area contributed by atoms with Crippen LogP contribution in [0, 0.1) is 0 Å². The van der Waals surface area contributed by atoms with Crippen molar-refractivity contribution >= 4 is 29.2 Å². The van der Waals surface area contributed by atoms with Crippen LogP contribution in [0.1, 0.15) is 13.8 Å². The largest absolute Gasteiger partial charge is 0.352 e. The molecule has 0 saturated carbocycles. The summed E-state index contributed by atoms with van der Waals surface area (Å²) in [5.74, 6) is 1.49. The molecule has 6 heteroatoms. The predicted octanol–water partition coefficient (Wildman–Crippen LogP) is 4.18. The van der Waals surface area contributed by atoms with Crippen LogP contribution in [0.3, 0.4) is 0 Å². The van der Waals surface area contributed by atoms with Crippen molar-refractivity contribution in [3.63, 3.8) is 0 Å². The number of hydrogen-bond acceptors (Lipinski definition) is 6. The first-order valence-corrected chi connectivity index (χ1v) is 7.86. The van der Waals surface area contributed by atoms with Gasteiger partial charge in [0.1, 0.15) is 0 Å². The molecule has 0 saturated heterocycles. The van der Waals surface area contributed by atoms with Crippen molar-refractivity contribution in [3.8, 4) is 0 Å². The molecular weight excluding hydrogens is 300 g/mol. The first-order valence-electron chi connectivity index (χ1n) is 7.86. The van der Waals surface area contributed by atoms with Crippen LogP contribution in [0.4, 0.5) is 29.2 Å². The van der Waals surface area contributed by atoms with Crippen LogP contribution >= 0.6 is 0 Å². The van der Waals surface area contributed by atoms with Crippen molar-refractivity contribution < 1.29 is 0 Å². The molecule has 3 aromatic rings. The standard InChI is InChI=1S/C18H20N6/c1-13(2)19-16-22-17(20-14-9-5-3-6-10-14)24-18(23-16)21-15-11-7-4-8-12-15/h3-13H,1-2H3,(H3,19,20,21,22,23,24). The molecule has 6 nitrogen and oxygen atoms in total. The minimum atomic E-state index is 0.224. The maximum Gasteiger partial charge on any atom is 0.233 e. The highest BCUT2D eigenvalue weighted by atomic mass is 15.3. The van der Waals surface area contributed by atoms with Crippen molar-refractivity contribution in [3.05, 3.63) is 60.7 Å². The average molecular weight is 320 g/mol. The molecule has 0 bridgehead atoms. The molecular formula is C18H20N6. The Bertz CT molecular complexity index is 714. The van der Waals surface area contributed by atoms with Crippen LogP contribution in [-0.2, 0) is 0 Å². The summed E-state index contributed by atoms with van der Waals surface area (Å²) in [4.78, 5) is 13.3. The molecule has 0 aliphatic rings. The average Bonchev–Trinajstić information content (AvgIpc) is 2.56. The smallest absolute Gasteiger partial charge is 0.233 e. The van der Waals surface area contributed by atoms with Gasteiger partial charge in [0.05, 0.1) is 0 Å². The second-order valence-electron chi connectivity index (χ2n) is 5.59. The van der Waals surface area contributed by atoms with Gasteiger partial charge in [0.25, 0.3) is 0 Å². The van der Waals surface area contributed by atoms with Gasteiger partial charge >= 0.3 is 0 Å². The monoisotopic (exact) mass is 320 g/mol. The fourth-order valence-corrected chi connectivity index (χ4v) is 2.11. The highest BCUT2D eigenvalue weighted by Gasteiger charge is 2.08. The van der Waals surface area contributed by atoms with Gasteiger partial charge in [-0.3, -0.25) is 0 Å². The minimum absolute atomic E-state index is 0.224. The summed E-state index contributed by atoms with van der Waals surface area (Å²) in [5.41, 5.74) is 1.84. The molecule has 0 aliphatic heterocycles. The van der Waals surface area contributed by atoms with Crippen LogP contribution < -0.4 is 16.0 Å². The summed E-state index contributed by atoms with van der Waals surface area (Å²) in [6.45, 7) is 4.08. The lowest BCUT2D eigenvalue weighted by atomic mass is 10.3. The molecule has 1 heterocycles. The number of para-hydroxylation sites is 2. The van der Waals surface area contributed by atoms with Crippen LogP contribution in [-0.4, -0.2) is 21.0 Å². The Labute approximate surface area is 141 Å². The lowest BCUT2D eigenvalue weighted by Gasteiger charge is -2.12. The van der Waals surface area contributed by atoms with E-state index in [4.69, 9.17) is 0 Å². The van der Waals surface area contributed by atoms with Gasteiger partial charge in [-0.1, -0.05) is 36.4 Å². The van der Waals surface area contributed by atoms with Crippen molar-refractivity contribution in [1.82, 2.24) is 15.0 Å². The molecule has 0 fully saturated rings. The molecule has 2 aromatic carbocycles. The van der Waals surface area contributed by atoms with E-state index >= 15 is 0 Å². The molecule has 0 unspecified atom stereocenters. The van der Waals surface area contributed by atoms with Gasteiger partial charge < -0.3 is 16.0 Å². The van der Waals surface area contributed by atoms with E-state index in [-0.39, 0.29) is 6.04 Å². The Morgan fingerprint density at radius 3 is 1.46 bits per heavy atom. The third-order valence-electron chi connectivity index (χ3n) is 3.11. The summed E-state index contributed by atoms with van der Waals surface area (Å²) in [5, 5.41) is 9.62. The summed E-state index contributed by atoms with van der Waals surface area (Å²) in [6, 6.07) is 19.8. The van der Waals surface area contributed by atoms with E-state index in [9.17, 15) is 0 Å². The molecule has 0 aliphatic carbocycles. The first kappa shape index (κ1) is 15.7. The van der Waals surface area contributed by atoms with Gasteiger partial charge in [-0.25, -0.2) is 0 Å². The molecule has 3 N–H and O–H groups in total. The van der Waals surface area contributed by atoms with E-state index in [0.29, 0.717) is 17.8 Å². The zero-order chi connectivity index (χ0) is 16.8. The maximum atomic E-state index is 4.45. The van der Waals surface area contributed by atoms with Gasteiger partial charge in [0.15, 0.2) is 0 Å². The predicted molar refractivity (Wildman–Crippen MR) is 98.0 cm³/mol. The molecule has 0 radical (unpaired) electrons. The van der Waals surface area contributed by atoms with Crippen molar-refractivity contribution in [1.29, 1.82) is 0 Å². The number of aromatic nitrogens is 3. The summed E-state index contributed by atoms with van der Waals surface area (Å²) >= 11 is 0. The van der Waals surface area contributed by atoms with Gasteiger partial charge in [-0.2, -0.15) is 15.0 Å². The quantitative estimate of drug-likeness (QED) is 0.632. The lowest BCUT2D eigenvalue weighted by Crippen LogP contribution is -2.15. The van der Waals surface area contributed by atoms with Crippen LogP contribution in [0.25, 0.3) is 0 Å². The van der Waals surface area contributed by atoms with E-state index in [1.54, 1.807) is 0 Å². The summed E-state index contributed by atoms with van der Waals surface area (Å²) < 4.78 is 0. The van der Waals surface area contributed by atoms with Crippen molar-refractivity contribution in [2.45, 2.75) is 19.9 Å². The minimum Gasteiger partial charge on any atom is -0.352 e. The number of hydrogen-bond donors (Lipinski definition) is 3. The van der Waals surface area contributed by atoms with Crippen molar-refractivity contribution in [2.24, 2.45) is 0 Å². The normalized spacial score (nSPS) is 10.5. The topological polar surface area (TPSA) is 74.8 Å². The van der Waals surface area contributed by atoms with E-state index in [0.717, 1.165) is 11.4 Å². The molecule has 0 spiro atoms. The van der Waals surface area contributed by atoms with Crippen LogP contribution in [0.15, 0.2) is 60.7 Å². The van der Waals surface area contributed by atoms with Crippen LogP contribution in [0.2, 0.25) is 0 Å². The highest BCUT2D eigenvalue weighted by Crippen LogP contribution is 2.18. The fourth-order valence-electron chi connectivity index (χ4n) is 2.11. The Morgan fingerprint density at radius 2 is 1.04 bits per heavy atom. The number of benzene rings is 2. The summed E-state index contributed by atoms with van der Waals surface area (Å²) in [7, 11) is 0. The van der Waals surface area contributed by atoms with Gasteiger partial charge in [0.2, 0.25) is 17.8 Å². The lowest BCUT2D eigenvalue weighted by molar-refractivity contribution is 0.869. The molecule has 0 amide bonds. The number of nitrogens with one attached hydrogen (secondary N) is 3. The van der Waals surface area contributed by atoms with Crippen LogP contribution in [0.5, 0.6) is 0 Å². The Kier molecular flexibility index (Phi) is 4.86. The molecule has 3 rings (SSSR count). The van der Waals surface area contributed by atoms with Gasteiger partial charge in [-0.15, -0.1) is 0 Å². The Hall–Kier alpha value is -3.15. The molecule has 24 heavy (non-hydrogen) atoms. The van der Waals surface area contributed by atoms with E-state index < -0.39 is 0 Å². The third kappa shape index (κ3) is 4.42. The molecule has 1 aromatic heterocycles. The fraction of sp³-hybridized carbons (Fsp3) is 0.167. The molecule has 122 valence electrons. The maximum absolute atomic E-state index is 4.45. The van der Waals surface area contributed by atoms with Gasteiger partial charge in [-0.05, 0) is 38.1 Å². The number of rotatable bonds is 6. The summed E-state index contributed by atoms with van der Waals surface area (Å²) in [6.07, 6.45) is 0. The Balaban J connectivity index is 1.88. The number of nitrogens with zero attached hydrogens (tertiary/aromatic N) is 3. The van der Waals surface area contributed by atoms with Gasteiger partial charge in [0, 0.05) is 17.4 Å². The second kappa shape index (κ2) is 7.41. The SMILES string of the molecule is CC(C)Nc1nc(Nc2ccccc2)nc(Nc2ccccc2)n1. The third-order valence-corrected chi connectivity index (χ3v) is 3.11. The Morgan fingerprint density at radius 1 is 0.625 bits per heavy atom. The highest BCUT2D eigenvalue weighted by molar-refractivity contribution is 5.59. The van der Waals surface area contributed by atoms with E-state index in [2.05, 4.69) is 30.9 Å². The first-order chi connectivity index (χ1) is 11.7. The molecule has 0 atom stereocenters. The van der Waals surface area contributed by atoms with E-state index in [1.165, 1.54) is 0 Å².